The maximum atomic E-state index is 2.38. The van der Waals surface area contributed by atoms with Crippen molar-refractivity contribution in [3.63, 3.8) is 0 Å². The van der Waals surface area contributed by atoms with Crippen LogP contribution in [0.25, 0.3) is 0 Å². The lowest BCUT2D eigenvalue weighted by atomic mass is 10.1. The summed E-state index contributed by atoms with van der Waals surface area (Å²) in [6, 6.07) is 0. The lowest BCUT2D eigenvalue weighted by Crippen LogP contribution is -1.87. The van der Waals surface area contributed by atoms with Crippen molar-refractivity contribution in [3.05, 3.63) is 0 Å². The number of rotatable bonds is 3. The lowest BCUT2D eigenvalue weighted by molar-refractivity contribution is 0.545. The Hall–Kier alpha value is 0. The highest BCUT2D eigenvalue weighted by Gasteiger charge is 2.86. The fraction of sp³-hybridized carbons (Fsp3) is 1.00. The molecule has 0 N–H and O–H groups in total. The van der Waals surface area contributed by atoms with E-state index in [2.05, 4.69) is 13.8 Å². The second-order valence-electron chi connectivity index (χ2n) is 5.49. The lowest BCUT2D eigenvalue weighted by Gasteiger charge is -1.94. The predicted molar refractivity (Wildman–Crippen MR) is 50.9 cm³/mol. The summed E-state index contributed by atoms with van der Waals surface area (Å²) >= 11 is 0. The Balaban J connectivity index is 1.64. The standard InChI is InChI=1S/C12H20/c1-3-5-10-7-12(10)8-11(12)6-9(11)4-2/h9-10H,3-8H2,1-2H3. The fourth-order valence-electron chi connectivity index (χ4n) is 4.19. The van der Waals surface area contributed by atoms with E-state index in [0.717, 1.165) is 16.7 Å². The first-order valence-corrected chi connectivity index (χ1v) is 5.79. The minimum absolute atomic E-state index is 0.946. The Morgan fingerprint density at radius 2 is 1.75 bits per heavy atom. The Kier molecular flexibility index (Phi) is 1.18. The minimum Gasteiger partial charge on any atom is -0.0654 e. The molecule has 4 atom stereocenters. The molecule has 0 aromatic carbocycles. The van der Waals surface area contributed by atoms with Gasteiger partial charge in [0.1, 0.15) is 0 Å². The molecule has 3 fully saturated rings. The Morgan fingerprint density at radius 1 is 1.08 bits per heavy atom. The van der Waals surface area contributed by atoms with Gasteiger partial charge in [0.25, 0.3) is 0 Å². The summed E-state index contributed by atoms with van der Waals surface area (Å²) in [6.45, 7) is 4.72. The molecule has 0 saturated heterocycles. The molecule has 0 aromatic rings. The monoisotopic (exact) mass is 164 g/mol. The highest BCUT2D eigenvalue weighted by Crippen LogP contribution is 2.94. The van der Waals surface area contributed by atoms with Gasteiger partial charge in [0.15, 0.2) is 0 Å². The van der Waals surface area contributed by atoms with Crippen molar-refractivity contribution in [1.29, 1.82) is 0 Å². The molecule has 0 amide bonds. The Labute approximate surface area is 75.7 Å². The van der Waals surface area contributed by atoms with Gasteiger partial charge in [0.05, 0.1) is 0 Å². The van der Waals surface area contributed by atoms with Gasteiger partial charge in [-0.1, -0.05) is 33.1 Å². The molecule has 3 saturated carbocycles. The van der Waals surface area contributed by atoms with Crippen LogP contribution < -0.4 is 0 Å². The van der Waals surface area contributed by atoms with E-state index < -0.39 is 0 Å². The molecular weight excluding hydrogens is 144 g/mol. The average Bonchev–Trinajstić information content (AvgIpc) is 2.94. The summed E-state index contributed by atoms with van der Waals surface area (Å²) in [7, 11) is 0. The van der Waals surface area contributed by atoms with Gasteiger partial charge in [0, 0.05) is 0 Å². The second kappa shape index (κ2) is 1.91. The molecule has 4 unspecified atom stereocenters. The molecule has 3 aliphatic carbocycles. The zero-order valence-corrected chi connectivity index (χ0v) is 8.40. The van der Waals surface area contributed by atoms with Crippen molar-refractivity contribution >= 4 is 0 Å². The van der Waals surface area contributed by atoms with Crippen LogP contribution in [0.3, 0.4) is 0 Å². The number of fused-ring (bicyclic) bond motifs is 1. The molecule has 3 rings (SSSR count). The van der Waals surface area contributed by atoms with E-state index in [1.54, 1.807) is 19.3 Å². The molecule has 0 aliphatic heterocycles. The van der Waals surface area contributed by atoms with Crippen LogP contribution in [0.1, 0.15) is 52.4 Å². The maximum Gasteiger partial charge on any atom is -0.0201 e. The second-order valence-corrected chi connectivity index (χ2v) is 5.49. The van der Waals surface area contributed by atoms with Crippen LogP contribution in [0.5, 0.6) is 0 Å². The van der Waals surface area contributed by atoms with Crippen LogP contribution in [0.4, 0.5) is 0 Å². The molecule has 0 bridgehead atoms. The van der Waals surface area contributed by atoms with Crippen LogP contribution in [-0.2, 0) is 0 Å². The molecular formula is C12H20. The van der Waals surface area contributed by atoms with E-state index in [1.165, 1.54) is 25.2 Å². The van der Waals surface area contributed by atoms with Crippen molar-refractivity contribution in [2.24, 2.45) is 22.7 Å². The van der Waals surface area contributed by atoms with Crippen molar-refractivity contribution < 1.29 is 0 Å². The number of hydrogen-bond donors (Lipinski definition) is 0. The van der Waals surface area contributed by atoms with E-state index in [0.29, 0.717) is 0 Å². The first-order valence-electron chi connectivity index (χ1n) is 5.79. The largest absolute Gasteiger partial charge is 0.0654 e. The van der Waals surface area contributed by atoms with Gasteiger partial charge >= 0.3 is 0 Å². The first-order chi connectivity index (χ1) is 5.79. The summed E-state index contributed by atoms with van der Waals surface area (Å²) in [5, 5.41) is 0. The van der Waals surface area contributed by atoms with Gasteiger partial charge in [-0.3, -0.25) is 0 Å². The summed E-state index contributed by atoms with van der Waals surface area (Å²) in [5.41, 5.74) is 1.89. The molecule has 0 aromatic heterocycles. The van der Waals surface area contributed by atoms with Gasteiger partial charge in [-0.05, 0) is 41.9 Å². The predicted octanol–water partition coefficient (Wildman–Crippen LogP) is 3.61. The van der Waals surface area contributed by atoms with Crippen molar-refractivity contribution in [2.45, 2.75) is 52.4 Å². The topological polar surface area (TPSA) is 0 Å². The van der Waals surface area contributed by atoms with Crippen LogP contribution in [0.15, 0.2) is 0 Å². The Bertz CT molecular complexity index is 220. The van der Waals surface area contributed by atoms with E-state index >= 15 is 0 Å². The van der Waals surface area contributed by atoms with Crippen LogP contribution >= 0.6 is 0 Å². The number of hydrogen-bond acceptors (Lipinski definition) is 0. The minimum atomic E-state index is 0.946. The molecule has 12 heavy (non-hydrogen) atoms. The van der Waals surface area contributed by atoms with Gasteiger partial charge in [0.2, 0.25) is 0 Å². The third-order valence-corrected chi connectivity index (χ3v) is 5.09. The van der Waals surface area contributed by atoms with Crippen molar-refractivity contribution in [3.8, 4) is 0 Å². The van der Waals surface area contributed by atoms with E-state index in [-0.39, 0.29) is 0 Å². The molecule has 2 spiro atoms. The average molecular weight is 164 g/mol. The quantitative estimate of drug-likeness (QED) is 0.597. The third-order valence-electron chi connectivity index (χ3n) is 5.09. The SMILES string of the molecule is CCCC1CC12CC21CC1CC. The first kappa shape index (κ1) is 7.41. The molecule has 0 nitrogen and oxygen atoms in total. The molecule has 3 aliphatic rings. The normalized spacial score (nSPS) is 59.5. The van der Waals surface area contributed by atoms with Crippen molar-refractivity contribution in [1.82, 2.24) is 0 Å². The van der Waals surface area contributed by atoms with Crippen LogP contribution in [0, 0.1) is 22.7 Å². The summed E-state index contributed by atoms with van der Waals surface area (Å²) in [6.07, 6.45) is 9.24. The van der Waals surface area contributed by atoms with E-state index in [4.69, 9.17) is 0 Å². The molecule has 0 heterocycles. The summed E-state index contributed by atoms with van der Waals surface area (Å²) in [4.78, 5) is 0. The zero-order chi connectivity index (χ0) is 8.40. The molecule has 0 radical (unpaired) electrons. The van der Waals surface area contributed by atoms with Crippen LogP contribution in [-0.4, -0.2) is 0 Å². The third kappa shape index (κ3) is 0.625. The Morgan fingerprint density at radius 3 is 2.33 bits per heavy atom. The molecule has 68 valence electrons. The highest BCUT2D eigenvalue weighted by atomic mass is 14.9. The highest BCUT2D eigenvalue weighted by molar-refractivity contribution is 5.35. The van der Waals surface area contributed by atoms with E-state index in [9.17, 15) is 0 Å². The zero-order valence-electron chi connectivity index (χ0n) is 8.40. The summed E-state index contributed by atoms with van der Waals surface area (Å²) in [5.74, 6) is 2.32. The van der Waals surface area contributed by atoms with Crippen LogP contribution in [0.2, 0.25) is 0 Å². The van der Waals surface area contributed by atoms with Gasteiger partial charge in [-0.15, -0.1) is 0 Å². The summed E-state index contributed by atoms with van der Waals surface area (Å²) < 4.78 is 0. The molecule has 0 heteroatoms. The fourth-order valence-corrected chi connectivity index (χ4v) is 4.19. The van der Waals surface area contributed by atoms with Gasteiger partial charge < -0.3 is 0 Å². The van der Waals surface area contributed by atoms with Crippen molar-refractivity contribution in [2.75, 3.05) is 0 Å². The smallest absolute Gasteiger partial charge is 0.0201 e. The maximum absolute atomic E-state index is 2.38. The van der Waals surface area contributed by atoms with E-state index in [1.807, 2.05) is 0 Å². The van der Waals surface area contributed by atoms with Gasteiger partial charge in [-0.2, -0.15) is 0 Å². The van der Waals surface area contributed by atoms with Gasteiger partial charge in [-0.25, -0.2) is 0 Å².